The number of allylic oxidation sites excluding steroid dienone is 1. The van der Waals surface area contributed by atoms with Crippen molar-refractivity contribution in [3.05, 3.63) is 58.3 Å². The van der Waals surface area contributed by atoms with E-state index in [1.165, 1.54) is 0 Å². The van der Waals surface area contributed by atoms with Crippen molar-refractivity contribution in [1.29, 1.82) is 0 Å². The number of methoxy groups -OCH3 is 1. The highest BCUT2D eigenvalue weighted by atomic mass is 35.5. The monoisotopic (exact) mass is 373 g/mol. The maximum Gasteiger partial charge on any atom is 0.231 e. The van der Waals surface area contributed by atoms with Crippen molar-refractivity contribution < 1.29 is 19.0 Å². The average molecular weight is 374 g/mol. The third kappa shape index (κ3) is 4.00. The van der Waals surface area contributed by atoms with Crippen LogP contribution in [0.4, 0.5) is 0 Å². The first-order valence-electron chi connectivity index (χ1n) is 8.17. The predicted octanol–water partition coefficient (Wildman–Crippen LogP) is 3.91. The molecule has 0 saturated carbocycles. The molecule has 0 radical (unpaired) electrons. The minimum absolute atomic E-state index is 0.176. The number of ether oxygens (including phenoxy) is 3. The van der Waals surface area contributed by atoms with E-state index < -0.39 is 0 Å². The van der Waals surface area contributed by atoms with E-state index in [-0.39, 0.29) is 11.5 Å². The van der Waals surface area contributed by atoms with Gasteiger partial charge in [0.1, 0.15) is 23.9 Å². The zero-order valence-electron chi connectivity index (χ0n) is 14.9. The Labute approximate surface area is 157 Å². The molecule has 0 unspecified atom stereocenters. The molecule has 0 aromatic heterocycles. The van der Waals surface area contributed by atoms with E-state index in [1.54, 1.807) is 43.5 Å². The van der Waals surface area contributed by atoms with E-state index in [4.69, 9.17) is 25.8 Å². The maximum absolute atomic E-state index is 12.5. The van der Waals surface area contributed by atoms with E-state index in [0.717, 1.165) is 6.54 Å². The molecule has 2 aromatic carbocycles. The van der Waals surface area contributed by atoms with Gasteiger partial charge in [-0.1, -0.05) is 11.6 Å². The van der Waals surface area contributed by atoms with Gasteiger partial charge >= 0.3 is 0 Å². The van der Waals surface area contributed by atoms with Crippen LogP contribution in [0.5, 0.6) is 17.2 Å². The first-order valence-corrected chi connectivity index (χ1v) is 8.55. The van der Waals surface area contributed by atoms with Gasteiger partial charge in [-0.05, 0) is 56.1 Å². The largest absolute Gasteiger partial charge is 0.497 e. The molecule has 0 aliphatic carbocycles. The molecular formula is C20H20ClNO4. The van der Waals surface area contributed by atoms with Crippen LogP contribution in [0.15, 0.2) is 42.2 Å². The summed E-state index contributed by atoms with van der Waals surface area (Å²) in [4.78, 5) is 14.5. The second-order valence-corrected chi connectivity index (χ2v) is 6.54. The van der Waals surface area contributed by atoms with Crippen LogP contribution in [0.2, 0.25) is 5.02 Å². The molecule has 6 heteroatoms. The van der Waals surface area contributed by atoms with Gasteiger partial charge in [-0.15, -0.1) is 0 Å². The number of fused-ring (bicyclic) bond motifs is 1. The summed E-state index contributed by atoms with van der Waals surface area (Å²) in [5, 5.41) is 0.491. The van der Waals surface area contributed by atoms with Crippen LogP contribution in [0.25, 0.3) is 6.08 Å². The minimum Gasteiger partial charge on any atom is -0.497 e. The number of ketones is 1. The summed E-state index contributed by atoms with van der Waals surface area (Å²) in [6.07, 6.45) is 1.64. The lowest BCUT2D eigenvalue weighted by molar-refractivity contribution is 0.101. The second-order valence-electron chi connectivity index (χ2n) is 6.14. The summed E-state index contributed by atoms with van der Waals surface area (Å²) in [5.74, 6) is 1.86. The minimum atomic E-state index is -0.176. The molecule has 1 heterocycles. The zero-order valence-corrected chi connectivity index (χ0v) is 15.7. The van der Waals surface area contributed by atoms with E-state index in [2.05, 4.69) is 0 Å². The van der Waals surface area contributed by atoms with Gasteiger partial charge in [0.05, 0.1) is 17.7 Å². The van der Waals surface area contributed by atoms with Crippen LogP contribution in [0.1, 0.15) is 15.9 Å². The highest BCUT2D eigenvalue weighted by molar-refractivity contribution is 6.32. The topological polar surface area (TPSA) is 48.0 Å². The Morgan fingerprint density at radius 2 is 1.92 bits per heavy atom. The number of hydrogen-bond acceptors (Lipinski definition) is 5. The Bertz CT molecular complexity index is 861. The lowest BCUT2D eigenvalue weighted by Gasteiger charge is -2.11. The molecule has 0 bridgehead atoms. The fourth-order valence-corrected chi connectivity index (χ4v) is 2.72. The van der Waals surface area contributed by atoms with E-state index in [1.807, 2.05) is 25.1 Å². The molecule has 136 valence electrons. The van der Waals surface area contributed by atoms with E-state index in [0.29, 0.717) is 40.0 Å². The molecule has 0 saturated heterocycles. The van der Waals surface area contributed by atoms with Crippen LogP contribution in [-0.4, -0.2) is 45.0 Å². The standard InChI is InChI=1S/C20H20ClNO4/c1-22(2)8-9-25-15-5-4-13(17(21)11-15)10-19-20(23)16-7-6-14(24-3)12-18(16)26-19/h4-7,10-12H,8-9H2,1-3H3/b19-10-. The van der Waals surface area contributed by atoms with Crippen LogP contribution >= 0.6 is 11.6 Å². The highest BCUT2D eigenvalue weighted by Crippen LogP contribution is 2.35. The lowest BCUT2D eigenvalue weighted by Crippen LogP contribution is -2.19. The first-order chi connectivity index (χ1) is 12.5. The number of nitrogens with zero attached hydrogens (tertiary/aromatic N) is 1. The number of carbonyl (C=O) groups is 1. The van der Waals surface area contributed by atoms with Gasteiger partial charge in [0.25, 0.3) is 0 Å². The highest BCUT2D eigenvalue weighted by Gasteiger charge is 2.27. The summed E-state index contributed by atoms with van der Waals surface area (Å²) in [6, 6.07) is 10.5. The van der Waals surface area contributed by atoms with Crippen molar-refractivity contribution in [2.45, 2.75) is 0 Å². The fourth-order valence-electron chi connectivity index (χ4n) is 2.50. The van der Waals surface area contributed by atoms with Crippen LogP contribution in [0, 0.1) is 0 Å². The molecule has 0 spiro atoms. The van der Waals surface area contributed by atoms with Crippen LogP contribution < -0.4 is 14.2 Å². The smallest absolute Gasteiger partial charge is 0.231 e. The molecule has 3 rings (SSSR count). The molecule has 0 fully saturated rings. The number of benzene rings is 2. The van der Waals surface area contributed by atoms with E-state index in [9.17, 15) is 4.79 Å². The second kappa shape index (κ2) is 7.81. The molecule has 0 N–H and O–H groups in total. The number of likely N-dealkylation sites (N-methyl/N-ethyl adjacent to an activating group) is 1. The van der Waals surface area contributed by atoms with Gasteiger partial charge in [-0.2, -0.15) is 0 Å². The molecule has 0 amide bonds. The van der Waals surface area contributed by atoms with Gasteiger partial charge in [0.2, 0.25) is 5.78 Å². The quantitative estimate of drug-likeness (QED) is 0.718. The SMILES string of the molecule is COc1ccc2c(c1)O/C(=C\c1ccc(OCCN(C)C)cc1Cl)C2=O. The molecule has 1 aliphatic heterocycles. The summed E-state index contributed by atoms with van der Waals surface area (Å²) < 4.78 is 16.5. The Morgan fingerprint density at radius 3 is 2.62 bits per heavy atom. The molecule has 2 aromatic rings. The predicted molar refractivity (Wildman–Crippen MR) is 101 cm³/mol. The third-order valence-corrected chi connectivity index (χ3v) is 4.27. The average Bonchev–Trinajstić information content (AvgIpc) is 2.92. The van der Waals surface area contributed by atoms with Crippen molar-refractivity contribution >= 4 is 23.5 Å². The number of halogens is 1. The molecule has 5 nitrogen and oxygen atoms in total. The Balaban J connectivity index is 1.77. The summed E-state index contributed by atoms with van der Waals surface area (Å²) in [7, 11) is 5.53. The summed E-state index contributed by atoms with van der Waals surface area (Å²) in [5.41, 5.74) is 1.20. The summed E-state index contributed by atoms with van der Waals surface area (Å²) in [6.45, 7) is 1.38. The normalized spacial score (nSPS) is 14.5. The molecular weight excluding hydrogens is 354 g/mol. The number of Topliss-reactive ketones (excluding diaryl/α,β-unsaturated/α-hetero) is 1. The summed E-state index contributed by atoms with van der Waals surface area (Å²) >= 11 is 6.33. The van der Waals surface area contributed by atoms with Crippen molar-refractivity contribution in [1.82, 2.24) is 4.90 Å². The van der Waals surface area contributed by atoms with Crippen molar-refractivity contribution in [3.8, 4) is 17.2 Å². The lowest BCUT2D eigenvalue weighted by atomic mass is 10.1. The van der Waals surface area contributed by atoms with E-state index >= 15 is 0 Å². The van der Waals surface area contributed by atoms with Gasteiger partial charge in [0.15, 0.2) is 5.76 Å². The fraction of sp³-hybridized carbons (Fsp3) is 0.250. The molecule has 1 aliphatic rings. The molecule has 26 heavy (non-hydrogen) atoms. The third-order valence-electron chi connectivity index (χ3n) is 3.94. The number of hydrogen-bond donors (Lipinski definition) is 0. The van der Waals surface area contributed by atoms with Crippen molar-refractivity contribution in [2.24, 2.45) is 0 Å². The van der Waals surface area contributed by atoms with Gasteiger partial charge in [-0.25, -0.2) is 0 Å². The van der Waals surface area contributed by atoms with Crippen LogP contribution in [0.3, 0.4) is 0 Å². The van der Waals surface area contributed by atoms with Gasteiger partial charge in [-0.3, -0.25) is 4.79 Å². The first kappa shape index (κ1) is 18.3. The Kier molecular flexibility index (Phi) is 5.49. The Morgan fingerprint density at radius 1 is 1.15 bits per heavy atom. The number of rotatable bonds is 6. The Hall–Kier alpha value is -2.50. The molecule has 0 atom stereocenters. The van der Waals surface area contributed by atoms with Gasteiger partial charge in [0, 0.05) is 12.6 Å². The van der Waals surface area contributed by atoms with Crippen LogP contribution in [-0.2, 0) is 0 Å². The zero-order chi connectivity index (χ0) is 18.7. The number of carbonyl (C=O) groups excluding carboxylic acids is 1. The van der Waals surface area contributed by atoms with Crippen molar-refractivity contribution in [2.75, 3.05) is 34.4 Å². The van der Waals surface area contributed by atoms with Gasteiger partial charge < -0.3 is 19.1 Å². The maximum atomic E-state index is 12.5. The van der Waals surface area contributed by atoms with Crippen molar-refractivity contribution in [3.63, 3.8) is 0 Å².